The van der Waals surface area contributed by atoms with Gasteiger partial charge in [-0.15, -0.1) is 0 Å². The van der Waals surface area contributed by atoms with Gasteiger partial charge in [-0.05, 0) is 42.8 Å². The Balaban J connectivity index is 1.77. The lowest BCUT2D eigenvalue weighted by atomic mass is 10.2. The van der Waals surface area contributed by atoms with E-state index in [-0.39, 0.29) is 17.6 Å². The quantitative estimate of drug-likeness (QED) is 0.535. The molecule has 3 rings (SSSR count). The first-order chi connectivity index (χ1) is 13.9. The van der Waals surface area contributed by atoms with Gasteiger partial charge in [0.2, 0.25) is 5.91 Å². The molecule has 0 saturated carbocycles. The maximum absolute atomic E-state index is 12.9. The molecule has 2 aromatic heterocycles. The molecule has 2 heterocycles. The van der Waals surface area contributed by atoms with Crippen molar-refractivity contribution in [2.45, 2.75) is 27.2 Å². The smallest absolute Gasteiger partial charge is 0.230 e. The summed E-state index contributed by atoms with van der Waals surface area (Å²) in [5.74, 6) is 1.57. The predicted octanol–water partition coefficient (Wildman–Crippen LogP) is 4.11. The monoisotopic (exact) mass is 399 g/mol. The van der Waals surface area contributed by atoms with Gasteiger partial charge in [0.25, 0.3) is 0 Å². The van der Waals surface area contributed by atoms with Crippen LogP contribution in [0.25, 0.3) is 5.65 Å². The van der Waals surface area contributed by atoms with Crippen molar-refractivity contribution in [2.24, 2.45) is 5.92 Å². The van der Waals surface area contributed by atoms with Crippen LogP contribution in [0.4, 0.5) is 10.2 Å². The zero-order valence-corrected chi connectivity index (χ0v) is 17.2. The summed E-state index contributed by atoms with van der Waals surface area (Å²) in [6, 6.07) is 9.56. The highest BCUT2D eigenvalue weighted by Gasteiger charge is 2.23. The first-order valence-corrected chi connectivity index (χ1v) is 9.71. The van der Waals surface area contributed by atoms with E-state index < -0.39 is 0 Å². The number of carbonyl (C=O) groups excluding carboxylic acids is 1. The molecule has 0 aliphatic heterocycles. The Morgan fingerprint density at radius 2 is 1.86 bits per heavy atom. The van der Waals surface area contributed by atoms with Crippen molar-refractivity contribution in [1.29, 1.82) is 0 Å². The number of rotatable bonds is 8. The molecule has 0 N–H and O–H groups in total. The Bertz CT molecular complexity index is 983. The lowest BCUT2D eigenvalue weighted by Crippen LogP contribution is -2.31. The molecule has 0 fully saturated rings. The Morgan fingerprint density at radius 3 is 2.52 bits per heavy atom. The van der Waals surface area contributed by atoms with Crippen molar-refractivity contribution in [1.82, 2.24) is 9.38 Å². The van der Waals surface area contributed by atoms with Crippen molar-refractivity contribution in [2.75, 3.05) is 25.2 Å². The number of carbonyl (C=O) groups is 1. The van der Waals surface area contributed by atoms with Gasteiger partial charge in [-0.3, -0.25) is 14.1 Å². The van der Waals surface area contributed by atoms with E-state index in [9.17, 15) is 9.18 Å². The molecule has 0 aliphatic rings. The summed E-state index contributed by atoms with van der Waals surface area (Å²) in [6.45, 7) is 6.39. The summed E-state index contributed by atoms with van der Waals surface area (Å²) >= 11 is 0. The number of ether oxygens (including phenoxy) is 2. The van der Waals surface area contributed by atoms with Crippen LogP contribution in [0.1, 0.15) is 26.5 Å². The molecule has 0 spiro atoms. The number of fused-ring (bicyclic) bond motifs is 1. The minimum absolute atomic E-state index is 0.0283. The van der Waals surface area contributed by atoms with Gasteiger partial charge >= 0.3 is 0 Å². The molecule has 1 amide bonds. The van der Waals surface area contributed by atoms with E-state index >= 15 is 0 Å². The summed E-state index contributed by atoms with van der Waals surface area (Å²) < 4.78 is 26.3. The standard InChI is InChI=1S/C22H26FN3O3/c1-5-18-21(25(4)22(27)15(2)3)26-12-6-7-19(20(26)24-18)29-14-13-28-17-10-8-16(23)9-11-17/h6-12,15H,5,13-14H2,1-4H3. The third-order valence-corrected chi connectivity index (χ3v) is 4.56. The third kappa shape index (κ3) is 4.50. The average molecular weight is 399 g/mol. The van der Waals surface area contributed by atoms with Crippen LogP contribution in [0.5, 0.6) is 11.5 Å². The van der Waals surface area contributed by atoms with Gasteiger partial charge in [-0.2, -0.15) is 0 Å². The molecule has 0 radical (unpaired) electrons. The zero-order chi connectivity index (χ0) is 21.0. The van der Waals surface area contributed by atoms with Crippen LogP contribution >= 0.6 is 0 Å². The summed E-state index contributed by atoms with van der Waals surface area (Å²) in [7, 11) is 1.77. The molecular formula is C22H26FN3O3. The number of hydrogen-bond donors (Lipinski definition) is 0. The highest BCUT2D eigenvalue weighted by atomic mass is 19.1. The van der Waals surface area contributed by atoms with E-state index in [1.54, 1.807) is 24.1 Å². The molecule has 7 heteroatoms. The molecular weight excluding hydrogens is 373 g/mol. The molecule has 6 nitrogen and oxygen atoms in total. The molecule has 0 bridgehead atoms. The third-order valence-electron chi connectivity index (χ3n) is 4.56. The van der Waals surface area contributed by atoms with Gasteiger partial charge < -0.3 is 9.47 Å². The van der Waals surface area contributed by atoms with Crippen LogP contribution in [0.15, 0.2) is 42.6 Å². The SMILES string of the molecule is CCc1nc2c(OCCOc3ccc(F)cc3)cccn2c1N(C)C(=O)C(C)C. The Morgan fingerprint density at radius 1 is 1.17 bits per heavy atom. The van der Waals surface area contributed by atoms with Gasteiger partial charge in [0.15, 0.2) is 11.4 Å². The summed E-state index contributed by atoms with van der Waals surface area (Å²) in [6.07, 6.45) is 2.57. The van der Waals surface area contributed by atoms with Crippen LogP contribution in [-0.4, -0.2) is 35.6 Å². The number of halogens is 1. The Hall–Kier alpha value is -3.09. The second kappa shape index (κ2) is 8.94. The average Bonchev–Trinajstić information content (AvgIpc) is 3.10. The highest BCUT2D eigenvalue weighted by Crippen LogP contribution is 2.28. The van der Waals surface area contributed by atoms with Crippen molar-refractivity contribution in [3.8, 4) is 11.5 Å². The zero-order valence-electron chi connectivity index (χ0n) is 17.2. The van der Waals surface area contributed by atoms with E-state index in [0.717, 1.165) is 11.5 Å². The molecule has 3 aromatic rings. The first kappa shape index (κ1) is 20.6. The number of hydrogen-bond acceptors (Lipinski definition) is 4. The first-order valence-electron chi connectivity index (χ1n) is 9.71. The fraction of sp³-hybridized carbons (Fsp3) is 0.364. The van der Waals surface area contributed by atoms with E-state index in [2.05, 4.69) is 0 Å². The largest absolute Gasteiger partial charge is 0.490 e. The molecule has 29 heavy (non-hydrogen) atoms. The van der Waals surface area contributed by atoms with Crippen LogP contribution in [0, 0.1) is 11.7 Å². The molecule has 0 unspecified atom stereocenters. The highest BCUT2D eigenvalue weighted by molar-refractivity contribution is 5.94. The number of aromatic nitrogens is 2. The van der Waals surface area contributed by atoms with Crippen molar-refractivity contribution < 1.29 is 18.7 Å². The minimum Gasteiger partial charge on any atom is -0.490 e. The van der Waals surface area contributed by atoms with Gasteiger partial charge in [0.05, 0.1) is 5.69 Å². The molecule has 0 aliphatic carbocycles. The maximum Gasteiger partial charge on any atom is 0.230 e. The number of amides is 1. The number of pyridine rings is 1. The Labute approximate surface area is 169 Å². The minimum atomic E-state index is -0.303. The van der Waals surface area contributed by atoms with Crippen LogP contribution in [-0.2, 0) is 11.2 Å². The molecule has 154 valence electrons. The maximum atomic E-state index is 12.9. The number of benzene rings is 1. The second-order valence-electron chi connectivity index (χ2n) is 7.00. The molecule has 0 atom stereocenters. The van der Waals surface area contributed by atoms with E-state index in [0.29, 0.717) is 36.8 Å². The number of imidazole rings is 1. The van der Waals surface area contributed by atoms with Gasteiger partial charge in [-0.25, -0.2) is 9.37 Å². The summed E-state index contributed by atoms with van der Waals surface area (Å²) in [5.41, 5.74) is 1.49. The predicted molar refractivity (Wildman–Crippen MR) is 110 cm³/mol. The van der Waals surface area contributed by atoms with Gasteiger partial charge in [0.1, 0.15) is 30.6 Å². The lowest BCUT2D eigenvalue weighted by molar-refractivity contribution is -0.121. The Kier molecular flexibility index (Phi) is 6.36. The van der Waals surface area contributed by atoms with E-state index in [1.807, 2.05) is 43.5 Å². The van der Waals surface area contributed by atoms with Crippen molar-refractivity contribution >= 4 is 17.4 Å². The number of anilines is 1. The van der Waals surface area contributed by atoms with Gasteiger partial charge in [0, 0.05) is 19.2 Å². The van der Waals surface area contributed by atoms with E-state index in [4.69, 9.17) is 14.5 Å². The molecule has 1 aromatic carbocycles. The summed E-state index contributed by atoms with van der Waals surface area (Å²) in [5, 5.41) is 0. The van der Waals surface area contributed by atoms with Crippen LogP contribution in [0.2, 0.25) is 0 Å². The number of aryl methyl sites for hydroxylation is 1. The van der Waals surface area contributed by atoms with Crippen LogP contribution < -0.4 is 14.4 Å². The molecule has 0 saturated heterocycles. The van der Waals surface area contributed by atoms with Crippen LogP contribution in [0.3, 0.4) is 0 Å². The fourth-order valence-electron chi connectivity index (χ4n) is 3.12. The topological polar surface area (TPSA) is 56.1 Å². The lowest BCUT2D eigenvalue weighted by Gasteiger charge is -2.20. The summed E-state index contributed by atoms with van der Waals surface area (Å²) in [4.78, 5) is 18.9. The number of nitrogens with zero attached hydrogens (tertiary/aromatic N) is 3. The normalized spacial score (nSPS) is 11.1. The van der Waals surface area contributed by atoms with Crippen molar-refractivity contribution in [3.05, 3.63) is 54.1 Å². The van der Waals surface area contributed by atoms with Crippen molar-refractivity contribution in [3.63, 3.8) is 0 Å². The second-order valence-corrected chi connectivity index (χ2v) is 7.00. The van der Waals surface area contributed by atoms with E-state index in [1.165, 1.54) is 12.1 Å². The fourth-order valence-corrected chi connectivity index (χ4v) is 3.12. The van der Waals surface area contributed by atoms with Gasteiger partial charge in [-0.1, -0.05) is 20.8 Å².